The largest absolute Gasteiger partial charge is 0.495 e. The Morgan fingerprint density at radius 3 is 2.66 bits per heavy atom. The lowest BCUT2D eigenvalue weighted by molar-refractivity contribution is -0.141. The second-order valence-electron chi connectivity index (χ2n) is 9.01. The van der Waals surface area contributed by atoms with Crippen molar-refractivity contribution in [3.05, 3.63) is 47.9 Å². The van der Waals surface area contributed by atoms with Gasteiger partial charge in [-0.05, 0) is 57.0 Å². The normalized spacial score (nSPS) is 15.6. The number of likely N-dealkylation sites (tertiary alicyclic amines) is 1. The molecule has 0 atom stereocenters. The summed E-state index contributed by atoms with van der Waals surface area (Å²) in [6.45, 7) is 4.15. The number of benzene rings is 1. The Labute approximate surface area is 203 Å². The zero-order valence-electron chi connectivity index (χ0n) is 20.0. The Bertz CT molecular complexity index is 1110. The minimum Gasteiger partial charge on any atom is -0.495 e. The van der Waals surface area contributed by atoms with Gasteiger partial charge in [-0.3, -0.25) is 4.68 Å². The molecule has 4 rings (SSSR count). The van der Waals surface area contributed by atoms with Crippen LogP contribution in [0.15, 0.2) is 36.5 Å². The van der Waals surface area contributed by atoms with E-state index in [1.54, 1.807) is 13.2 Å². The summed E-state index contributed by atoms with van der Waals surface area (Å²) < 4.78 is 46.5. The average Bonchev–Trinajstić information content (AvgIpc) is 3.27. The van der Waals surface area contributed by atoms with Gasteiger partial charge in [0.15, 0.2) is 0 Å². The molecule has 3 aromatic rings. The number of anilines is 1. The van der Waals surface area contributed by atoms with Crippen LogP contribution in [0.4, 0.5) is 18.9 Å². The molecule has 0 aliphatic carbocycles. The van der Waals surface area contributed by atoms with E-state index in [1.165, 1.54) is 18.9 Å². The number of halogens is 3. The minimum atomic E-state index is -4.47. The van der Waals surface area contributed by atoms with Crippen molar-refractivity contribution in [2.75, 3.05) is 38.6 Å². The minimum absolute atomic E-state index is 0.143. The Kier molecular flexibility index (Phi) is 8.12. The van der Waals surface area contributed by atoms with E-state index >= 15 is 0 Å². The van der Waals surface area contributed by atoms with Crippen LogP contribution in [0, 0.1) is 0 Å². The van der Waals surface area contributed by atoms with Crippen LogP contribution in [-0.4, -0.2) is 53.0 Å². The number of hydrogen-bond acceptors (Lipinski definition) is 6. The van der Waals surface area contributed by atoms with Gasteiger partial charge in [0.2, 0.25) is 0 Å². The van der Waals surface area contributed by atoms with Crippen molar-refractivity contribution in [1.29, 1.82) is 0 Å². The van der Waals surface area contributed by atoms with Crippen molar-refractivity contribution >= 4 is 16.6 Å². The van der Waals surface area contributed by atoms with Crippen LogP contribution < -0.4 is 15.8 Å². The fourth-order valence-corrected chi connectivity index (χ4v) is 4.55. The molecule has 1 aromatic carbocycles. The summed E-state index contributed by atoms with van der Waals surface area (Å²) >= 11 is 0. The smallest absolute Gasteiger partial charge is 0.433 e. The van der Waals surface area contributed by atoms with Gasteiger partial charge in [-0.15, -0.1) is 0 Å². The van der Waals surface area contributed by atoms with Crippen molar-refractivity contribution in [1.82, 2.24) is 19.7 Å². The molecule has 3 heterocycles. The molecule has 1 saturated heterocycles. The van der Waals surface area contributed by atoms with Gasteiger partial charge in [0.25, 0.3) is 0 Å². The first-order valence-electron chi connectivity index (χ1n) is 12.1. The fourth-order valence-electron chi connectivity index (χ4n) is 4.55. The Balaban J connectivity index is 1.41. The van der Waals surface area contributed by atoms with E-state index in [0.717, 1.165) is 62.4 Å². The third kappa shape index (κ3) is 6.43. The summed E-state index contributed by atoms with van der Waals surface area (Å²) in [4.78, 5) is 6.24. The first-order valence-corrected chi connectivity index (χ1v) is 12.1. The number of fused-ring (bicyclic) bond motifs is 1. The summed E-state index contributed by atoms with van der Waals surface area (Å²) in [5.74, 6) is 0.585. The predicted molar refractivity (Wildman–Crippen MR) is 130 cm³/mol. The lowest BCUT2D eigenvalue weighted by Gasteiger charge is -2.32. The third-order valence-electron chi connectivity index (χ3n) is 6.51. The van der Waals surface area contributed by atoms with Crippen molar-refractivity contribution in [3.63, 3.8) is 0 Å². The number of nitrogens with zero attached hydrogens (tertiary/aromatic N) is 4. The summed E-state index contributed by atoms with van der Waals surface area (Å²) in [5, 5.41) is 8.91. The zero-order chi connectivity index (χ0) is 24.8. The maximum absolute atomic E-state index is 13.0. The first kappa shape index (κ1) is 25.2. The lowest BCUT2D eigenvalue weighted by atomic mass is 10.0. The summed E-state index contributed by atoms with van der Waals surface area (Å²) in [5.41, 5.74) is 6.49. The molecule has 7 nitrogen and oxygen atoms in total. The number of aromatic nitrogens is 3. The number of piperidine rings is 1. The molecule has 190 valence electrons. The van der Waals surface area contributed by atoms with E-state index in [9.17, 15) is 13.2 Å². The van der Waals surface area contributed by atoms with Gasteiger partial charge in [0.1, 0.15) is 11.4 Å². The molecule has 0 unspecified atom stereocenters. The monoisotopic (exact) mass is 490 g/mol. The van der Waals surface area contributed by atoms with Crippen molar-refractivity contribution in [3.8, 4) is 5.75 Å². The third-order valence-corrected chi connectivity index (χ3v) is 6.51. The van der Waals surface area contributed by atoms with Gasteiger partial charge in [0, 0.05) is 30.7 Å². The molecule has 0 saturated carbocycles. The van der Waals surface area contributed by atoms with E-state index in [-0.39, 0.29) is 6.54 Å². The summed E-state index contributed by atoms with van der Waals surface area (Å²) in [7, 11) is 1.56. The second kappa shape index (κ2) is 11.3. The Morgan fingerprint density at radius 1 is 1.14 bits per heavy atom. The molecule has 0 bridgehead atoms. The first-order chi connectivity index (χ1) is 16.9. The number of alkyl halides is 3. The van der Waals surface area contributed by atoms with E-state index in [4.69, 9.17) is 15.6 Å². The van der Waals surface area contributed by atoms with Crippen molar-refractivity contribution in [2.24, 2.45) is 5.73 Å². The van der Waals surface area contributed by atoms with Gasteiger partial charge in [0.05, 0.1) is 36.6 Å². The quantitative estimate of drug-likeness (QED) is 0.396. The summed E-state index contributed by atoms with van der Waals surface area (Å²) in [6, 6.07) is 8.03. The van der Waals surface area contributed by atoms with Gasteiger partial charge < -0.3 is 20.7 Å². The van der Waals surface area contributed by atoms with E-state index < -0.39 is 11.9 Å². The van der Waals surface area contributed by atoms with Gasteiger partial charge in [-0.1, -0.05) is 12.5 Å². The number of unbranched alkanes of at least 4 members (excludes halogenated alkanes) is 2. The van der Waals surface area contributed by atoms with Crippen molar-refractivity contribution in [2.45, 2.75) is 50.9 Å². The van der Waals surface area contributed by atoms with Crippen LogP contribution in [0.1, 0.15) is 49.5 Å². The highest BCUT2D eigenvalue weighted by Gasteiger charge is 2.32. The molecule has 2 aromatic heterocycles. The molecule has 35 heavy (non-hydrogen) atoms. The average molecular weight is 491 g/mol. The Morgan fingerprint density at radius 2 is 1.94 bits per heavy atom. The fraction of sp³-hybridized carbons (Fsp3) is 0.520. The molecular weight excluding hydrogens is 457 g/mol. The number of hydrogen-bond donors (Lipinski definition) is 2. The number of methoxy groups -OCH3 is 1. The number of ether oxygens (including phenoxy) is 1. The van der Waals surface area contributed by atoms with Crippen LogP contribution in [-0.2, 0) is 12.7 Å². The highest BCUT2D eigenvalue weighted by molar-refractivity contribution is 5.85. The highest BCUT2D eigenvalue weighted by Crippen LogP contribution is 2.32. The van der Waals surface area contributed by atoms with Crippen molar-refractivity contribution < 1.29 is 17.9 Å². The topological polar surface area (TPSA) is 81.2 Å². The maximum atomic E-state index is 13.0. The molecule has 1 aliphatic heterocycles. The molecule has 1 aliphatic rings. The molecule has 0 spiro atoms. The molecule has 1 fully saturated rings. The number of rotatable bonds is 10. The van der Waals surface area contributed by atoms with Crippen LogP contribution in [0.3, 0.4) is 0 Å². The highest BCUT2D eigenvalue weighted by atomic mass is 19.4. The number of nitrogens with one attached hydrogen (secondary N) is 1. The van der Waals surface area contributed by atoms with Crippen LogP contribution in [0.5, 0.6) is 5.75 Å². The zero-order valence-corrected chi connectivity index (χ0v) is 20.0. The maximum Gasteiger partial charge on any atom is 0.433 e. The summed E-state index contributed by atoms with van der Waals surface area (Å²) in [6.07, 6.45) is 3.14. The molecule has 3 N–H and O–H groups in total. The Hall–Kier alpha value is -2.85. The standard InChI is InChI=1S/C25H33F3N6O/c1-35-23-15-21-18(14-22(23)30-16-19-6-5-7-24(31-19)25(26,27)28)17-34(32-21)20-8-12-33(13-9-20)11-4-2-3-10-29/h5-7,14-15,17,20,30H,2-4,8-13,16,29H2,1H3. The van der Waals surface area contributed by atoms with Crippen LogP contribution in [0.2, 0.25) is 0 Å². The predicted octanol–water partition coefficient (Wildman–Crippen LogP) is 4.84. The SMILES string of the molecule is COc1cc2nn(C3CCN(CCCCCN)CC3)cc2cc1NCc1cccc(C(F)(F)F)n1. The lowest BCUT2D eigenvalue weighted by Crippen LogP contribution is -2.35. The molecule has 10 heteroatoms. The second-order valence-corrected chi connectivity index (χ2v) is 9.01. The van der Waals surface area contributed by atoms with Gasteiger partial charge >= 0.3 is 6.18 Å². The molecular formula is C25H33F3N6O. The molecule has 0 amide bonds. The number of pyridine rings is 1. The van der Waals surface area contributed by atoms with Crippen LogP contribution in [0.25, 0.3) is 10.9 Å². The van der Waals surface area contributed by atoms with E-state index in [2.05, 4.69) is 15.2 Å². The molecule has 0 radical (unpaired) electrons. The number of nitrogens with two attached hydrogens (primary N) is 1. The van der Waals surface area contributed by atoms with E-state index in [1.807, 2.05) is 23.0 Å². The van der Waals surface area contributed by atoms with Crippen LogP contribution >= 0.6 is 0 Å². The van der Waals surface area contributed by atoms with Gasteiger partial charge in [-0.25, -0.2) is 4.98 Å². The van der Waals surface area contributed by atoms with E-state index in [0.29, 0.717) is 23.2 Å². The van der Waals surface area contributed by atoms with Gasteiger partial charge in [-0.2, -0.15) is 18.3 Å².